The number of carbonyl (C=O) groups is 2. The molecule has 0 fully saturated rings. The Bertz CT molecular complexity index is 429. The molecular formula is C13H17NO5. The van der Waals surface area contributed by atoms with E-state index in [1.807, 2.05) is 0 Å². The van der Waals surface area contributed by atoms with Crippen molar-refractivity contribution in [1.29, 1.82) is 0 Å². The Balaban J connectivity index is 2.49. The number of hydrogen-bond acceptors (Lipinski definition) is 4. The maximum absolute atomic E-state index is 11.6. The molecule has 0 bridgehead atoms. The van der Waals surface area contributed by atoms with E-state index in [0.29, 0.717) is 18.9 Å². The van der Waals surface area contributed by atoms with Crippen LogP contribution in [0.4, 0.5) is 0 Å². The number of hydrogen-bond donors (Lipinski definition) is 2. The standard InChI is InChI=1S/C13H17NO5/c1-9(12(15)14-7-8-18-2)19-11-5-3-10(4-6-11)13(16)17/h3-6,9H,7-8H2,1-2H3,(H,14,15)(H,16,17). The second-order valence-corrected chi connectivity index (χ2v) is 3.87. The van der Waals surface area contributed by atoms with Gasteiger partial charge in [0.2, 0.25) is 0 Å². The number of carboxylic acid groups (broad SMARTS) is 1. The van der Waals surface area contributed by atoms with E-state index in [9.17, 15) is 9.59 Å². The molecule has 104 valence electrons. The first-order chi connectivity index (χ1) is 9.04. The van der Waals surface area contributed by atoms with Gasteiger partial charge in [0.1, 0.15) is 5.75 Å². The van der Waals surface area contributed by atoms with Gasteiger partial charge >= 0.3 is 5.97 Å². The van der Waals surface area contributed by atoms with E-state index in [1.54, 1.807) is 14.0 Å². The molecule has 0 radical (unpaired) electrons. The highest BCUT2D eigenvalue weighted by atomic mass is 16.5. The lowest BCUT2D eigenvalue weighted by Crippen LogP contribution is -2.37. The molecule has 19 heavy (non-hydrogen) atoms. The third kappa shape index (κ3) is 4.97. The van der Waals surface area contributed by atoms with Gasteiger partial charge in [0.25, 0.3) is 5.91 Å². The summed E-state index contributed by atoms with van der Waals surface area (Å²) < 4.78 is 10.2. The molecule has 1 aromatic carbocycles. The lowest BCUT2D eigenvalue weighted by molar-refractivity contribution is -0.127. The number of carbonyl (C=O) groups excluding carboxylic acids is 1. The van der Waals surface area contributed by atoms with Crippen LogP contribution in [-0.2, 0) is 9.53 Å². The number of rotatable bonds is 7. The van der Waals surface area contributed by atoms with Crippen molar-refractivity contribution in [3.8, 4) is 5.75 Å². The number of carboxylic acids is 1. The third-order valence-corrected chi connectivity index (χ3v) is 2.39. The van der Waals surface area contributed by atoms with Crippen LogP contribution in [0.3, 0.4) is 0 Å². The van der Waals surface area contributed by atoms with E-state index in [2.05, 4.69) is 5.32 Å². The SMILES string of the molecule is COCCNC(=O)C(C)Oc1ccc(C(=O)O)cc1. The van der Waals surface area contributed by atoms with E-state index in [1.165, 1.54) is 24.3 Å². The molecule has 1 atom stereocenters. The first-order valence-electron chi connectivity index (χ1n) is 5.81. The summed E-state index contributed by atoms with van der Waals surface area (Å²) in [5.41, 5.74) is 0.171. The van der Waals surface area contributed by atoms with Crippen molar-refractivity contribution in [3.63, 3.8) is 0 Å². The molecule has 0 aliphatic rings. The first-order valence-corrected chi connectivity index (χ1v) is 5.81. The average molecular weight is 267 g/mol. The second-order valence-electron chi connectivity index (χ2n) is 3.87. The maximum atomic E-state index is 11.6. The number of benzene rings is 1. The van der Waals surface area contributed by atoms with Crippen LogP contribution in [-0.4, -0.2) is 43.3 Å². The number of nitrogens with one attached hydrogen (secondary N) is 1. The largest absolute Gasteiger partial charge is 0.481 e. The Morgan fingerprint density at radius 3 is 2.47 bits per heavy atom. The molecule has 0 aliphatic carbocycles. The molecule has 1 amide bonds. The number of aromatic carboxylic acids is 1. The Hall–Kier alpha value is -2.08. The van der Waals surface area contributed by atoms with Crippen LogP contribution in [0.2, 0.25) is 0 Å². The van der Waals surface area contributed by atoms with Gasteiger partial charge < -0.3 is 19.9 Å². The molecule has 1 unspecified atom stereocenters. The summed E-state index contributed by atoms with van der Waals surface area (Å²) >= 11 is 0. The van der Waals surface area contributed by atoms with Crippen molar-refractivity contribution < 1.29 is 24.2 Å². The second kappa shape index (κ2) is 7.38. The molecule has 6 nitrogen and oxygen atoms in total. The maximum Gasteiger partial charge on any atom is 0.335 e. The average Bonchev–Trinajstić information content (AvgIpc) is 2.39. The van der Waals surface area contributed by atoms with Crippen molar-refractivity contribution >= 4 is 11.9 Å². The van der Waals surface area contributed by atoms with Crippen molar-refractivity contribution in [1.82, 2.24) is 5.32 Å². The fourth-order valence-electron chi connectivity index (χ4n) is 1.35. The van der Waals surface area contributed by atoms with Gasteiger partial charge in [-0.05, 0) is 31.2 Å². The minimum absolute atomic E-state index is 0.171. The van der Waals surface area contributed by atoms with Gasteiger partial charge in [0.05, 0.1) is 12.2 Å². The lowest BCUT2D eigenvalue weighted by atomic mass is 10.2. The zero-order valence-electron chi connectivity index (χ0n) is 10.9. The highest BCUT2D eigenvalue weighted by Gasteiger charge is 2.14. The van der Waals surface area contributed by atoms with E-state index in [0.717, 1.165) is 0 Å². The first kappa shape index (κ1) is 15.0. The van der Waals surface area contributed by atoms with E-state index in [4.69, 9.17) is 14.6 Å². The normalized spacial score (nSPS) is 11.7. The zero-order chi connectivity index (χ0) is 14.3. The molecule has 0 aromatic heterocycles. The molecule has 0 saturated heterocycles. The molecule has 6 heteroatoms. The molecule has 2 N–H and O–H groups in total. The summed E-state index contributed by atoms with van der Waals surface area (Å²) in [4.78, 5) is 22.3. The monoisotopic (exact) mass is 267 g/mol. The summed E-state index contributed by atoms with van der Waals surface area (Å²) in [6.07, 6.45) is -0.660. The highest BCUT2D eigenvalue weighted by molar-refractivity contribution is 5.87. The predicted octanol–water partition coefficient (Wildman–Crippen LogP) is 0.915. The fraction of sp³-hybridized carbons (Fsp3) is 0.385. The summed E-state index contributed by atoms with van der Waals surface area (Å²) in [6, 6.07) is 5.88. The summed E-state index contributed by atoms with van der Waals surface area (Å²) in [5.74, 6) is -0.810. The van der Waals surface area contributed by atoms with E-state index < -0.39 is 12.1 Å². The van der Waals surface area contributed by atoms with Crippen LogP contribution in [0.1, 0.15) is 17.3 Å². The van der Waals surface area contributed by atoms with Crippen LogP contribution < -0.4 is 10.1 Å². The fourth-order valence-corrected chi connectivity index (χ4v) is 1.35. The van der Waals surface area contributed by atoms with Crippen molar-refractivity contribution in [2.24, 2.45) is 0 Å². The Kier molecular flexibility index (Phi) is 5.81. The summed E-state index contributed by atoms with van der Waals surface area (Å²) in [6.45, 7) is 2.47. The molecule has 1 rings (SSSR count). The number of ether oxygens (including phenoxy) is 2. The lowest BCUT2D eigenvalue weighted by Gasteiger charge is -2.14. The quantitative estimate of drug-likeness (QED) is 0.717. The Morgan fingerprint density at radius 2 is 1.95 bits per heavy atom. The van der Waals surface area contributed by atoms with Gasteiger partial charge in [-0.1, -0.05) is 0 Å². The van der Waals surface area contributed by atoms with Crippen LogP contribution in [0.5, 0.6) is 5.75 Å². The van der Waals surface area contributed by atoms with Gasteiger partial charge in [-0.25, -0.2) is 4.79 Å². The van der Waals surface area contributed by atoms with Gasteiger partial charge in [0, 0.05) is 13.7 Å². The number of amides is 1. The van der Waals surface area contributed by atoms with Crippen LogP contribution >= 0.6 is 0 Å². The molecule has 0 heterocycles. The summed E-state index contributed by atoms with van der Waals surface area (Å²) in [5, 5.41) is 11.4. The molecule has 0 saturated carbocycles. The molecule has 0 aliphatic heterocycles. The minimum atomic E-state index is -1.00. The smallest absolute Gasteiger partial charge is 0.335 e. The van der Waals surface area contributed by atoms with Crippen molar-refractivity contribution in [2.45, 2.75) is 13.0 Å². The zero-order valence-corrected chi connectivity index (χ0v) is 10.9. The van der Waals surface area contributed by atoms with E-state index >= 15 is 0 Å². The third-order valence-electron chi connectivity index (χ3n) is 2.39. The van der Waals surface area contributed by atoms with E-state index in [-0.39, 0.29) is 11.5 Å². The van der Waals surface area contributed by atoms with Gasteiger partial charge in [0.15, 0.2) is 6.10 Å². The predicted molar refractivity (Wildman–Crippen MR) is 68.4 cm³/mol. The molecule has 1 aromatic rings. The summed E-state index contributed by atoms with van der Waals surface area (Å²) in [7, 11) is 1.55. The number of methoxy groups -OCH3 is 1. The van der Waals surface area contributed by atoms with Crippen LogP contribution in [0.25, 0.3) is 0 Å². The Labute approximate surface area is 111 Å². The minimum Gasteiger partial charge on any atom is -0.481 e. The Morgan fingerprint density at radius 1 is 1.32 bits per heavy atom. The van der Waals surface area contributed by atoms with Crippen LogP contribution in [0, 0.1) is 0 Å². The van der Waals surface area contributed by atoms with Gasteiger partial charge in [-0.3, -0.25) is 4.79 Å². The van der Waals surface area contributed by atoms with Crippen molar-refractivity contribution in [3.05, 3.63) is 29.8 Å². The highest BCUT2D eigenvalue weighted by Crippen LogP contribution is 2.13. The molecule has 0 spiro atoms. The van der Waals surface area contributed by atoms with Crippen LogP contribution in [0.15, 0.2) is 24.3 Å². The van der Waals surface area contributed by atoms with Crippen molar-refractivity contribution in [2.75, 3.05) is 20.3 Å². The topological polar surface area (TPSA) is 84.9 Å². The van der Waals surface area contributed by atoms with Gasteiger partial charge in [-0.15, -0.1) is 0 Å². The molecular weight excluding hydrogens is 250 g/mol. The van der Waals surface area contributed by atoms with Gasteiger partial charge in [-0.2, -0.15) is 0 Å².